The Balaban J connectivity index is 1.92. The summed E-state index contributed by atoms with van der Waals surface area (Å²) in [6.07, 6.45) is 1.76. The molecule has 0 fully saturated rings. The zero-order valence-electron chi connectivity index (χ0n) is 24.5. The van der Waals surface area contributed by atoms with E-state index in [1.807, 2.05) is 63.2 Å². The molecule has 0 aliphatic rings. The monoisotopic (exact) mass is 631 g/mol. The number of hydrogen-bond donors (Lipinski definition) is 1. The number of benzene rings is 3. The van der Waals surface area contributed by atoms with E-state index >= 15 is 0 Å². The number of carbonyl (C=O) groups excluding carboxylic acids is 2. The van der Waals surface area contributed by atoms with Crippen LogP contribution in [0.5, 0.6) is 0 Å². The molecule has 0 aliphatic heterocycles. The second-order valence-electron chi connectivity index (χ2n) is 10.8. The summed E-state index contributed by atoms with van der Waals surface area (Å²) in [4.78, 5) is 29.1. The molecule has 0 radical (unpaired) electrons. The molecule has 10 heteroatoms. The Morgan fingerprint density at radius 3 is 2.24 bits per heavy atom. The Kier molecular flexibility index (Phi) is 12.3. The average molecular weight is 633 g/mol. The summed E-state index contributed by atoms with van der Waals surface area (Å²) in [5, 5.41) is 3.85. The van der Waals surface area contributed by atoms with E-state index < -0.39 is 16.1 Å². The normalized spacial score (nSPS) is 12.2. The van der Waals surface area contributed by atoms with Crippen molar-refractivity contribution >= 4 is 50.7 Å². The molecule has 1 N–H and O–H groups in total. The van der Waals surface area contributed by atoms with Gasteiger partial charge in [-0.1, -0.05) is 91.6 Å². The van der Waals surface area contributed by atoms with Crippen LogP contribution >= 0.6 is 23.2 Å². The third kappa shape index (κ3) is 9.75. The molecule has 0 spiro atoms. The van der Waals surface area contributed by atoms with Gasteiger partial charge in [-0.15, -0.1) is 0 Å². The molecule has 0 saturated carbocycles. The minimum absolute atomic E-state index is 0.0336. The lowest BCUT2D eigenvalue weighted by atomic mass is 10.0. The molecule has 0 saturated heterocycles. The first kappa shape index (κ1) is 33.4. The first-order chi connectivity index (χ1) is 19.9. The van der Waals surface area contributed by atoms with Crippen LogP contribution in [0.4, 0.5) is 5.69 Å². The number of halogens is 2. The zero-order chi connectivity index (χ0) is 30.9. The molecule has 0 heterocycles. The molecule has 7 nitrogen and oxygen atoms in total. The van der Waals surface area contributed by atoms with Gasteiger partial charge < -0.3 is 10.2 Å². The Labute approximate surface area is 259 Å². The van der Waals surface area contributed by atoms with Crippen LogP contribution in [-0.2, 0) is 32.6 Å². The third-order valence-corrected chi connectivity index (χ3v) is 8.61. The van der Waals surface area contributed by atoms with Crippen molar-refractivity contribution in [3.63, 3.8) is 0 Å². The molecule has 2 amide bonds. The van der Waals surface area contributed by atoms with Gasteiger partial charge in [0, 0.05) is 42.5 Å². The number of aryl methyl sites for hydroxylation is 1. The Morgan fingerprint density at radius 1 is 0.952 bits per heavy atom. The van der Waals surface area contributed by atoms with E-state index in [0.717, 1.165) is 17.4 Å². The zero-order valence-corrected chi connectivity index (χ0v) is 26.8. The minimum atomic E-state index is -3.59. The van der Waals surface area contributed by atoms with Crippen LogP contribution in [0.2, 0.25) is 10.0 Å². The van der Waals surface area contributed by atoms with E-state index in [-0.39, 0.29) is 43.7 Å². The van der Waals surface area contributed by atoms with Crippen LogP contribution in [0, 0.1) is 12.8 Å². The molecule has 0 aliphatic carbocycles. The molecular formula is C32H39Cl2N3O4S. The molecule has 0 aromatic heterocycles. The molecule has 1 unspecified atom stereocenters. The fraction of sp³-hybridized carbons (Fsp3) is 0.375. The van der Waals surface area contributed by atoms with Gasteiger partial charge in [-0.05, 0) is 54.2 Å². The van der Waals surface area contributed by atoms with E-state index in [2.05, 4.69) is 5.32 Å². The molecular weight excluding hydrogens is 593 g/mol. The smallest absolute Gasteiger partial charge is 0.243 e. The van der Waals surface area contributed by atoms with Gasteiger partial charge in [0.1, 0.15) is 6.04 Å². The summed E-state index contributed by atoms with van der Waals surface area (Å²) < 4.78 is 26.7. The average Bonchev–Trinajstić information content (AvgIpc) is 2.93. The van der Waals surface area contributed by atoms with Crippen molar-refractivity contribution in [1.82, 2.24) is 10.2 Å². The molecule has 3 aromatic carbocycles. The fourth-order valence-corrected chi connectivity index (χ4v) is 6.13. The summed E-state index contributed by atoms with van der Waals surface area (Å²) in [5.41, 5.74) is 2.96. The first-order valence-electron chi connectivity index (χ1n) is 13.9. The number of rotatable bonds is 14. The van der Waals surface area contributed by atoms with Gasteiger partial charge in [0.05, 0.1) is 11.9 Å². The van der Waals surface area contributed by atoms with Crippen LogP contribution in [0.15, 0.2) is 72.8 Å². The highest BCUT2D eigenvalue weighted by molar-refractivity contribution is 7.92. The highest BCUT2D eigenvalue weighted by Crippen LogP contribution is 2.26. The van der Waals surface area contributed by atoms with E-state index in [1.165, 1.54) is 4.31 Å². The SMILES string of the molecule is Cc1ccccc1N(CCCC(=O)N(Cc1ccc(Cl)cc1Cl)C(Cc1ccccc1)C(=O)NCC(C)C)S(C)(=O)=O. The number of anilines is 1. The Morgan fingerprint density at radius 2 is 1.62 bits per heavy atom. The van der Waals surface area contributed by atoms with Crippen molar-refractivity contribution in [3.8, 4) is 0 Å². The first-order valence-corrected chi connectivity index (χ1v) is 16.6. The van der Waals surface area contributed by atoms with Crippen molar-refractivity contribution in [1.29, 1.82) is 0 Å². The standard InChI is InChI=1S/C32H39Cl2N3O4S/c1-23(2)21-35-32(39)30(19-25-12-6-5-7-13-25)36(22-26-16-17-27(33)20-28(26)34)31(38)15-10-18-37(42(4,40)41)29-14-9-8-11-24(29)3/h5-9,11-14,16-17,20,23,30H,10,15,18-19,21-22H2,1-4H3,(H,35,39). The lowest BCUT2D eigenvalue weighted by Gasteiger charge is -2.32. The topological polar surface area (TPSA) is 86.8 Å². The van der Waals surface area contributed by atoms with Gasteiger partial charge in [0.2, 0.25) is 21.8 Å². The second-order valence-corrected chi connectivity index (χ2v) is 13.6. The summed E-state index contributed by atoms with van der Waals surface area (Å²) in [6.45, 7) is 6.53. The van der Waals surface area contributed by atoms with Crippen molar-refractivity contribution in [2.45, 2.75) is 52.6 Å². The van der Waals surface area contributed by atoms with Gasteiger partial charge in [-0.2, -0.15) is 0 Å². The molecule has 3 aromatic rings. The highest BCUT2D eigenvalue weighted by atomic mass is 35.5. The van der Waals surface area contributed by atoms with Crippen molar-refractivity contribution in [2.24, 2.45) is 5.92 Å². The van der Waals surface area contributed by atoms with Crippen LogP contribution in [0.25, 0.3) is 0 Å². The molecule has 3 rings (SSSR count). The van der Waals surface area contributed by atoms with Crippen LogP contribution in [-0.4, -0.2) is 50.5 Å². The lowest BCUT2D eigenvalue weighted by molar-refractivity contribution is -0.141. The molecule has 226 valence electrons. The Bertz CT molecular complexity index is 1470. The predicted molar refractivity (Wildman–Crippen MR) is 171 cm³/mol. The lowest BCUT2D eigenvalue weighted by Crippen LogP contribution is -2.51. The van der Waals surface area contributed by atoms with Crippen LogP contribution < -0.4 is 9.62 Å². The van der Waals surface area contributed by atoms with Crippen LogP contribution in [0.1, 0.15) is 43.4 Å². The summed E-state index contributed by atoms with van der Waals surface area (Å²) in [6, 6.07) is 21.0. The largest absolute Gasteiger partial charge is 0.354 e. The van der Waals surface area contributed by atoms with Crippen molar-refractivity contribution < 1.29 is 18.0 Å². The predicted octanol–water partition coefficient (Wildman–Crippen LogP) is 6.26. The van der Waals surface area contributed by atoms with Crippen LogP contribution in [0.3, 0.4) is 0 Å². The number of amides is 2. The number of nitrogens with one attached hydrogen (secondary N) is 1. The Hall–Kier alpha value is -3.07. The van der Waals surface area contributed by atoms with E-state index in [9.17, 15) is 18.0 Å². The number of para-hydroxylation sites is 1. The highest BCUT2D eigenvalue weighted by Gasteiger charge is 2.31. The van der Waals surface area contributed by atoms with Gasteiger partial charge in [0.25, 0.3) is 0 Å². The van der Waals surface area contributed by atoms with E-state index in [1.54, 1.807) is 35.2 Å². The van der Waals surface area contributed by atoms with E-state index in [4.69, 9.17) is 23.2 Å². The fourth-order valence-electron chi connectivity index (χ4n) is 4.64. The summed E-state index contributed by atoms with van der Waals surface area (Å²) in [7, 11) is -3.59. The maximum absolute atomic E-state index is 13.9. The molecule has 0 bridgehead atoms. The maximum atomic E-state index is 13.9. The van der Waals surface area contributed by atoms with Gasteiger partial charge in [-0.3, -0.25) is 13.9 Å². The quantitative estimate of drug-likeness (QED) is 0.227. The molecule has 1 atom stereocenters. The van der Waals surface area contributed by atoms with Gasteiger partial charge in [-0.25, -0.2) is 8.42 Å². The number of carbonyl (C=O) groups is 2. The number of hydrogen-bond acceptors (Lipinski definition) is 4. The summed E-state index contributed by atoms with van der Waals surface area (Å²) >= 11 is 12.6. The number of sulfonamides is 1. The van der Waals surface area contributed by atoms with E-state index in [0.29, 0.717) is 34.3 Å². The molecule has 42 heavy (non-hydrogen) atoms. The third-order valence-electron chi connectivity index (χ3n) is 6.85. The minimum Gasteiger partial charge on any atom is -0.354 e. The maximum Gasteiger partial charge on any atom is 0.243 e. The van der Waals surface area contributed by atoms with Gasteiger partial charge >= 0.3 is 0 Å². The van der Waals surface area contributed by atoms with Gasteiger partial charge in [0.15, 0.2) is 0 Å². The number of nitrogens with zero attached hydrogens (tertiary/aromatic N) is 2. The van der Waals surface area contributed by atoms with Crippen molar-refractivity contribution in [2.75, 3.05) is 23.7 Å². The second kappa shape index (κ2) is 15.4. The summed E-state index contributed by atoms with van der Waals surface area (Å²) in [5.74, 6) is -0.312. The van der Waals surface area contributed by atoms with Crippen molar-refractivity contribution in [3.05, 3.63) is 99.5 Å².